The number of para-hydroxylation sites is 1. The third-order valence-corrected chi connectivity index (χ3v) is 5.48. The van der Waals surface area contributed by atoms with Gasteiger partial charge in [-0.3, -0.25) is 14.4 Å². The van der Waals surface area contributed by atoms with Gasteiger partial charge in [-0.1, -0.05) is 48.5 Å². The van der Waals surface area contributed by atoms with E-state index < -0.39 is 0 Å². The Labute approximate surface area is 166 Å². The molecule has 1 aliphatic rings. The van der Waals surface area contributed by atoms with Gasteiger partial charge >= 0.3 is 0 Å². The summed E-state index contributed by atoms with van der Waals surface area (Å²) in [5.41, 5.74) is 4.65. The minimum atomic E-state index is -0.191. The second-order valence-corrected chi connectivity index (χ2v) is 7.49. The number of likely N-dealkylation sites (N-methyl/N-ethyl adjacent to an activating group) is 1. The summed E-state index contributed by atoms with van der Waals surface area (Å²) in [6.07, 6.45) is 4.89. The second kappa shape index (κ2) is 7.98. The van der Waals surface area contributed by atoms with Crippen molar-refractivity contribution in [3.8, 4) is 0 Å². The van der Waals surface area contributed by atoms with Crippen LogP contribution in [0.3, 0.4) is 0 Å². The van der Waals surface area contributed by atoms with Gasteiger partial charge in [-0.25, -0.2) is 0 Å². The molecule has 1 atom stereocenters. The fourth-order valence-electron chi connectivity index (χ4n) is 3.75. The number of carbonyl (C=O) groups is 1. The third-order valence-electron chi connectivity index (χ3n) is 5.48. The highest BCUT2D eigenvalue weighted by Gasteiger charge is 2.29. The Balaban J connectivity index is 1.38. The largest absolute Gasteiger partial charge is 0.310 e. The van der Waals surface area contributed by atoms with Crippen molar-refractivity contribution in [1.82, 2.24) is 14.7 Å². The molecule has 1 aliphatic heterocycles. The SMILES string of the molecule is CC(C(=O)N1CCc2ccccc21)N(C)Cc1cnn(Cc2ccccc2)c1. The molecule has 144 valence electrons. The number of rotatable bonds is 6. The number of benzene rings is 2. The quantitative estimate of drug-likeness (QED) is 0.664. The first-order valence-electron chi connectivity index (χ1n) is 9.76. The van der Waals surface area contributed by atoms with Crippen molar-refractivity contribution in [3.05, 3.63) is 83.7 Å². The minimum absolute atomic E-state index is 0.157. The molecule has 0 bridgehead atoms. The maximum absolute atomic E-state index is 13.0. The van der Waals surface area contributed by atoms with Crippen molar-refractivity contribution in [2.24, 2.45) is 0 Å². The molecule has 0 spiro atoms. The fourth-order valence-corrected chi connectivity index (χ4v) is 3.75. The maximum atomic E-state index is 13.0. The van der Waals surface area contributed by atoms with Gasteiger partial charge in [0.25, 0.3) is 0 Å². The molecule has 4 rings (SSSR count). The molecular formula is C23H26N4O. The average Bonchev–Trinajstić information content (AvgIpc) is 3.34. The fraction of sp³-hybridized carbons (Fsp3) is 0.304. The summed E-state index contributed by atoms with van der Waals surface area (Å²) in [6, 6.07) is 18.3. The third kappa shape index (κ3) is 3.85. The number of aromatic nitrogens is 2. The van der Waals surface area contributed by atoms with Crippen LogP contribution in [0.25, 0.3) is 0 Å². The van der Waals surface area contributed by atoms with Crippen LogP contribution in [-0.2, 0) is 24.3 Å². The Bertz CT molecular complexity index is 950. The van der Waals surface area contributed by atoms with Crippen molar-refractivity contribution >= 4 is 11.6 Å². The lowest BCUT2D eigenvalue weighted by Crippen LogP contribution is -2.44. The predicted octanol–water partition coefficient (Wildman–Crippen LogP) is 3.34. The summed E-state index contributed by atoms with van der Waals surface area (Å²) in [6.45, 7) is 4.20. The van der Waals surface area contributed by atoms with E-state index in [1.807, 2.05) is 66.1 Å². The summed E-state index contributed by atoms with van der Waals surface area (Å²) in [7, 11) is 2.00. The monoisotopic (exact) mass is 374 g/mol. The van der Waals surface area contributed by atoms with Gasteiger partial charge < -0.3 is 4.90 Å². The van der Waals surface area contributed by atoms with Gasteiger partial charge in [0.2, 0.25) is 5.91 Å². The van der Waals surface area contributed by atoms with Crippen molar-refractivity contribution in [3.63, 3.8) is 0 Å². The van der Waals surface area contributed by atoms with E-state index in [-0.39, 0.29) is 11.9 Å². The van der Waals surface area contributed by atoms with E-state index in [1.54, 1.807) is 0 Å². The Morgan fingerprint density at radius 2 is 1.86 bits per heavy atom. The molecule has 0 N–H and O–H groups in total. The van der Waals surface area contributed by atoms with Crippen molar-refractivity contribution in [2.45, 2.75) is 32.5 Å². The van der Waals surface area contributed by atoms with E-state index in [4.69, 9.17) is 0 Å². The molecule has 5 nitrogen and oxygen atoms in total. The zero-order valence-corrected chi connectivity index (χ0v) is 16.5. The topological polar surface area (TPSA) is 41.4 Å². The van der Waals surface area contributed by atoms with Crippen molar-refractivity contribution in [2.75, 3.05) is 18.5 Å². The van der Waals surface area contributed by atoms with E-state index in [1.165, 1.54) is 11.1 Å². The Morgan fingerprint density at radius 1 is 1.11 bits per heavy atom. The van der Waals surface area contributed by atoms with Crippen LogP contribution in [0, 0.1) is 0 Å². The first-order valence-corrected chi connectivity index (χ1v) is 9.76. The predicted molar refractivity (Wildman–Crippen MR) is 111 cm³/mol. The summed E-state index contributed by atoms with van der Waals surface area (Å²) in [5, 5.41) is 4.47. The Morgan fingerprint density at radius 3 is 2.68 bits per heavy atom. The molecule has 5 heteroatoms. The van der Waals surface area contributed by atoms with Crippen LogP contribution in [-0.4, -0.2) is 40.2 Å². The van der Waals surface area contributed by atoms with Gasteiger partial charge in [0, 0.05) is 30.5 Å². The molecule has 0 fully saturated rings. The number of carbonyl (C=O) groups excluding carboxylic acids is 1. The zero-order chi connectivity index (χ0) is 19.5. The first kappa shape index (κ1) is 18.4. The molecule has 0 saturated carbocycles. The molecule has 2 heterocycles. The van der Waals surface area contributed by atoms with E-state index in [2.05, 4.69) is 34.4 Å². The molecule has 0 radical (unpaired) electrons. The molecule has 1 amide bonds. The van der Waals surface area contributed by atoms with E-state index in [0.717, 1.165) is 30.8 Å². The van der Waals surface area contributed by atoms with Crippen LogP contribution in [0.2, 0.25) is 0 Å². The van der Waals surface area contributed by atoms with E-state index in [0.29, 0.717) is 6.54 Å². The summed E-state index contributed by atoms with van der Waals surface area (Å²) < 4.78 is 1.95. The molecule has 1 unspecified atom stereocenters. The second-order valence-electron chi connectivity index (χ2n) is 7.49. The van der Waals surface area contributed by atoms with Crippen LogP contribution in [0.5, 0.6) is 0 Å². The molecule has 0 saturated heterocycles. The van der Waals surface area contributed by atoms with Gasteiger partial charge in [0.05, 0.1) is 18.8 Å². The molecule has 28 heavy (non-hydrogen) atoms. The lowest BCUT2D eigenvalue weighted by molar-refractivity contribution is -0.122. The number of hydrogen-bond donors (Lipinski definition) is 0. The van der Waals surface area contributed by atoms with Crippen LogP contribution in [0.1, 0.15) is 23.6 Å². The van der Waals surface area contributed by atoms with Crippen LogP contribution in [0.15, 0.2) is 67.0 Å². The van der Waals surface area contributed by atoms with Crippen molar-refractivity contribution in [1.29, 1.82) is 0 Å². The summed E-state index contributed by atoms with van der Waals surface area (Å²) >= 11 is 0. The Kier molecular flexibility index (Phi) is 5.26. The maximum Gasteiger partial charge on any atom is 0.244 e. The van der Waals surface area contributed by atoms with Gasteiger partial charge in [0.15, 0.2) is 0 Å². The lowest BCUT2D eigenvalue weighted by atomic mass is 10.2. The van der Waals surface area contributed by atoms with Crippen molar-refractivity contribution < 1.29 is 4.79 Å². The van der Waals surface area contributed by atoms with Crippen LogP contribution in [0.4, 0.5) is 5.69 Å². The van der Waals surface area contributed by atoms with E-state index in [9.17, 15) is 4.79 Å². The average molecular weight is 374 g/mol. The van der Waals surface area contributed by atoms with Crippen LogP contribution >= 0.6 is 0 Å². The van der Waals surface area contributed by atoms with Crippen LogP contribution < -0.4 is 4.90 Å². The van der Waals surface area contributed by atoms with Gasteiger partial charge in [-0.2, -0.15) is 5.10 Å². The molecule has 1 aromatic heterocycles. The highest BCUT2D eigenvalue weighted by atomic mass is 16.2. The zero-order valence-electron chi connectivity index (χ0n) is 16.5. The number of nitrogens with zero attached hydrogens (tertiary/aromatic N) is 4. The minimum Gasteiger partial charge on any atom is -0.310 e. The highest BCUT2D eigenvalue weighted by Crippen LogP contribution is 2.28. The van der Waals surface area contributed by atoms with E-state index >= 15 is 0 Å². The summed E-state index contributed by atoms with van der Waals surface area (Å²) in [5.74, 6) is 0.157. The normalized spacial score (nSPS) is 14.3. The molecular weight excluding hydrogens is 348 g/mol. The smallest absolute Gasteiger partial charge is 0.244 e. The first-order chi connectivity index (χ1) is 13.6. The highest BCUT2D eigenvalue weighted by molar-refractivity contribution is 5.98. The molecule has 3 aromatic rings. The standard InChI is InChI=1S/C23H26N4O/c1-18(23(28)27-13-12-21-10-6-7-11-22(21)27)25(2)15-20-14-24-26(17-20)16-19-8-4-3-5-9-19/h3-11,14,17-18H,12-13,15-16H2,1-2H3. The summed E-state index contributed by atoms with van der Waals surface area (Å²) in [4.78, 5) is 17.1. The molecule has 0 aliphatic carbocycles. The number of hydrogen-bond acceptors (Lipinski definition) is 3. The number of anilines is 1. The van der Waals surface area contributed by atoms with Gasteiger partial charge in [-0.05, 0) is 37.6 Å². The number of amides is 1. The van der Waals surface area contributed by atoms with Gasteiger partial charge in [0.1, 0.15) is 0 Å². The lowest BCUT2D eigenvalue weighted by Gasteiger charge is -2.28. The molecule has 2 aromatic carbocycles. The number of fused-ring (bicyclic) bond motifs is 1. The van der Waals surface area contributed by atoms with Gasteiger partial charge in [-0.15, -0.1) is 0 Å². The Hall–Kier alpha value is -2.92.